The maximum absolute atomic E-state index is 11.6. The number of thiophene rings is 1. The van der Waals surface area contributed by atoms with Crippen LogP contribution in [0.5, 0.6) is 5.75 Å². The Morgan fingerprint density at radius 3 is 2.40 bits per heavy atom. The van der Waals surface area contributed by atoms with Gasteiger partial charge in [0.1, 0.15) is 0 Å². The van der Waals surface area contributed by atoms with E-state index in [9.17, 15) is 14.9 Å². The van der Waals surface area contributed by atoms with Gasteiger partial charge in [0.05, 0.1) is 19.1 Å². The zero-order valence-electron chi connectivity index (χ0n) is 10.8. The minimum atomic E-state index is -0.472. The lowest BCUT2D eigenvalue weighted by Gasteiger charge is -2.05. The SMILES string of the molecule is COC(=O)c1scc(-c2ccc([N+](=O)[O-])cc2)c1OC. The van der Waals surface area contributed by atoms with Crippen LogP contribution in [0.2, 0.25) is 0 Å². The average molecular weight is 293 g/mol. The molecular weight excluding hydrogens is 282 g/mol. The van der Waals surface area contributed by atoms with Crippen molar-refractivity contribution in [2.75, 3.05) is 14.2 Å². The minimum Gasteiger partial charge on any atom is -0.494 e. The molecular formula is C13H11NO5S. The number of ether oxygens (including phenoxy) is 2. The summed E-state index contributed by atoms with van der Waals surface area (Å²) in [6, 6.07) is 6.04. The van der Waals surface area contributed by atoms with Gasteiger partial charge in [0.2, 0.25) is 0 Å². The second-order valence-corrected chi connectivity index (χ2v) is 4.69. The highest BCUT2D eigenvalue weighted by molar-refractivity contribution is 7.12. The Hall–Kier alpha value is -2.41. The number of hydrogen-bond donors (Lipinski definition) is 0. The fourth-order valence-electron chi connectivity index (χ4n) is 1.75. The Morgan fingerprint density at radius 1 is 1.25 bits per heavy atom. The molecule has 104 valence electrons. The molecule has 0 aliphatic rings. The fraction of sp³-hybridized carbons (Fsp3) is 0.154. The lowest BCUT2D eigenvalue weighted by molar-refractivity contribution is -0.384. The van der Waals surface area contributed by atoms with Gasteiger partial charge in [-0.15, -0.1) is 11.3 Å². The predicted octanol–water partition coefficient (Wildman–Crippen LogP) is 3.12. The molecule has 20 heavy (non-hydrogen) atoms. The van der Waals surface area contributed by atoms with Crippen molar-refractivity contribution >= 4 is 23.0 Å². The molecule has 0 amide bonds. The molecule has 2 rings (SSSR count). The van der Waals surface area contributed by atoms with Crippen molar-refractivity contribution in [2.24, 2.45) is 0 Å². The van der Waals surface area contributed by atoms with Gasteiger partial charge in [0.25, 0.3) is 5.69 Å². The monoisotopic (exact) mass is 293 g/mol. The van der Waals surface area contributed by atoms with Crippen LogP contribution in [0.1, 0.15) is 9.67 Å². The second-order valence-electron chi connectivity index (χ2n) is 3.81. The zero-order valence-corrected chi connectivity index (χ0v) is 11.6. The molecule has 0 spiro atoms. The summed E-state index contributed by atoms with van der Waals surface area (Å²) in [5, 5.41) is 12.4. The first-order valence-corrected chi connectivity index (χ1v) is 6.45. The number of esters is 1. The van der Waals surface area contributed by atoms with Crippen LogP contribution < -0.4 is 4.74 Å². The summed E-state index contributed by atoms with van der Waals surface area (Å²) < 4.78 is 9.93. The number of carbonyl (C=O) groups is 1. The van der Waals surface area contributed by atoms with Crippen LogP contribution in [0.4, 0.5) is 5.69 Å². The summed E-state index contributed by atoms with van der Waals surface area (Å²) in [5.74, 6) is -0.0595. The third-order valence-corrected chi connectivity index (χ3v) is 3.65. The Balaban J connectivity index is 2.45. The number of nitrogens with zero attached hydrogens (tertiary/aromatic N) is 1. The van der Waals surface area contributed by atoms with E-state index in [0.29, 0.717) is 16.2 Å². The van der Waals surface area contributed by atoms with Gasteiger partial charge in [-0.25, -0.2) is 4.79 Å². The van der Waals surface area contributed by atoms with Crippen LogP contribution in [0, 0.1) is 10.1 Å². The van der Waals surface area contributed by atoms with E-state index in [1.165, 1.54) is 37.7 Å². The minimum absolute atomic E-state index is 0.0103. The number of nitro groups is 1. The topological polar surface area (TPSA) is 78.7 Å². The molecule has 1 heterocycles. The van der Waals surface area contributed by atoms with Crippen LogP contribution >= 0.6 is 11.3 Å². The molecule has 1 aromatic carbocycles. The lowest BCUT2D eigenvalue weighted by Crippen LogP contribution is -2.00. The molecule has 6 nitrogen and oxygen atoms in total. The highest BCUT2D eigenvalue weighted by Gasteiger charge is 2.20. The van der Waals surface area contributed by atoms with Gasteiger partial charge in [-0.05, 0) is 17.7 Å². The zero-order chi connectivity index (χ0) is 14.7. The molecule has 0 saturated carbocycles. The van der Waals surface area contributed by atoms with Crippen molar-refractivity contribution in [3.05, 3.63) is 44.6 Å². The fourth-order valence-corrected chi connectivity index (χ4v) is 2.70. The quantitative estimate of drug-likeness (QED) is 0.491. The Kier molecular flexibility index (Phi) is 3.99. The second kappa shape index (κ2) is 5.70. The summed E-state index contributed by atoms with van der Waals surface area (Å²) in [6.07, 6.45) is 0. The molecule has 0 N–H and O–H groups in total. The Labute approximate surface area is 118 Å². The van der Waals surface area contributed by atoms with Gasteiger partial charge in [0.15, 0.2) is 10.6 Å². The molecule has 0 radical (unpaired) electrons. The van der Waals surface area contributed by atoms with Gasteiger partial charge in [-0.1, -0.05) is 0 Å². The van der Waals surface area contributed by atoms with Gasteiger partial charge < -0.3 is 9.47 Å². The number of rotatable bonds is 4. The van der Waals surface area contributed by atoms with E-state index in [4.69, 9.17) is 4.74 Å². The first kappa shape index (κ1) is 14.0. The van der Waals surface area contributed by atoms with Crippen molar-refractivity contribution in [1.29, 1.82) is 0 Å². The Morgan fingerprint density at radius 2 is 1.90 bits per heavy atom. The van der Waals surface area contributed by atoms with E-state index in [-0.39, 0.29) is 5.69 Å². The van der Waals surface area contributed by atoms with Crippen LogP contribution in [0.15, 0.2) is 29.6 Å². The third-order valence-electron chi connectivity index (χ3n) is 2.71. The lowest BCUT2D eigenvalue weighted by atomic mass is 10.1. The van der Waals surface area contributed by atoms with Crippen LogP contribution in [-0.2, 0) is 4.74 Å². The average Bonchev–Trinajstić information content (AvgIpc) is 2.90. The maximum atomic E-state index is 11.6. The van der Waals surface area contributed by atoms with E-state index in [2.05, 4.69) is 4.74 Å². The smallest absolute Gasteiger partial charge is 0.351 e. The Bertz CT molecular complexity index is 647. The molecule has 0 unspecified atom stereocenters. The predicted molar refractivity (Wildman–Crippen MR) is 74.3 cm³/mol. The standard InChI is InChI=1S/C13H11NO5S/c1-18-11-10(7-20-12(11)13(15)19-2)8-3-5-9(6-4-8)14(16)17/h3-7H,1-2H3. The van der Waals surface area contributed by atoms with Crippen LogP contribution in [-0.4, -0.2) is 25.1 Å². The summed E-state index contributed by atoms with van der Waals surface area (Å²) in [4.78, 5) is 22.1. The van der Waals surface area contributed by atoms with Crippen molar-refractivity contribution < 1.29 is 19.2 Å². The maximum Gasteiger partial charge on any atom is 0.351 e. The molecule has 0 atom stereocenters. The molecule has 0 aliphatic heterocycles. The number of non-ortho nitro benzene ring substituents is 1. The number of carbonyl (C=O) groups excluding carboxylic acids is 1. The molecule has 2 aromatic rings. The normalized spacial score (nSPS) is 10.1. The first-order chi connectivity index (χ1) is 9.58. The van der Waals surface area contributed by atoms with E-state index >= 15 is 0 Å². The van der Waals surface area contributed by atoms with Crippen LogP contribution in [0.25, 0.3) is 11.1 Å². The highest BCUT2D eigenvalue weighted by Crippen LogP contribution is 2.39. The number of benzene rings is 1. The van der Waals surface area contributed by atoms with Crippen LogP contribution in [0.3, 0.4) is 0 Å². The van der Waals surface area contributed by atoms with Crippen molar-refractivity contribution in [3.63, 3.8) is 0 Å². The van der Waals surface area contributed by atoms with E-state index in [1.54, 1.807) is 17.5 Å². The highest BCUT2D eigenvalue weighted by atomic mass is 32.1. The molecule has 0 aliphatic carbocycles. The van der Waals surface area contributed by atoms with Crippen molar-refractivity contribution in [3.8, 4) is 16.9 Å². The number of nitro benzene ring substituents is 1. The van der Waals surface area contributed by atoms with Gasteiger partial charge in [-0.2, -0.15) is 0 Å². The van der Waals surface area contributed by atoms with Gasteiger partial charge in [-0.3, -0.25) is 10.1 Å². The largest absolute Gasteiger partial charge is 0.494 e. The first-order valence-electron chi connectivity index (χ1n) is 5.57. The van der Waals surface area contributed by atoms with Crippen molar-refractivity contribution in [2.45, 2.75) is 0 Å². The number of hydrogen-bond acceptors (Lipinski definition) is 6. The molecule has 0 saturated heterocycles. The molecule has 0 bridgehead atoms. The van der Waals surface area contributed by atoms with E-state index in [1.807, 2.05) is 0 Å². The summed E-state index contributed by atoms with van der Waals surface area (Å²) in [5.41, 5.74) is 1.45. The van der Waals surface area contributed by atoms with Crippen molar-refractivity contribution in [1.82, 2.24) is 0 Å². The van der Waals surface area contributed by atoms with Gasteiger partial charge in [0, 0.05) is 23.1 Å². The molecule has 0 fully saturated rings. The molecule has 7 heteroatoms. The molecule has 1 aromatic heterocycles. The summed E-state index contributed by atoms with van der Waals surface area (Å²) in [7, 11) is 2.76. The summed E-state index contributed by atoms with van der Waals surface area (Å²) in [6.45, 7) is 0. The third kappa shape index (κ3) is 2.48. The van der Waals surface area contributed by atoms with Gasteiger partial charge >= 0.3 is 5.97 Å². The number of methoxy groups -OCH3 is 2. The van der Waals surface area contributed by atoms with E-state index in [0.717, 1.165) is 5.56 Å². The van der Waals surface area contributed by atoms with E-state index < -0.39 is 10.9 Å². The summed E-state index contributed by atoms with van der Waals surface area (Å²) >= 11 is 1.21.